The molecule has 0 atom stereocenters. The minimum Gasteiger partial charge on any atom is -0.325 e. The second kappa shape index (κ2) is 6.37. The summed E-state index contributed by atoms with van der Waals surface area (Å²) in [6, 6.07) is 5.21. The van der Waals surface area contributed by atoms with Crippen molar-refractivity contribution in [2.75, 3.05) is 26.7 Å². The highest BCUT2D eigenvalue weighted by molar-refractivity contribution is 5.03. The van der Waals surface area contributed by atoms with Gasteiger partial charge in [-0.15, -0.1) is 0 Å². The second-order valence-corrected chi connectivity index (χ2v) is 3.61. The Labute approximate surface area is 90.3 Å². The summed E-state index contributed by atoms with van der Waals surface area (Å²) in [7, 11) is 2.09. The van der Waals surface area contributed by atoms with Gasteiger partial charge in [0.25, 0.3) is 0 Å². The number of hydrogen-bond donors (Lipinski definition) is 2. The van der Waals surface area contributed by atoms with Crippen LogP contribution in [-0.2, 0) is 6.54 Å². The van der Waals surface area contributed by atoms with E-state index in [0.29, 0.717) is 6.54 Å². The number of pyridine rings is 1. The van der Waals surface area contributed by atoms with Gasteiger partial charge in [-0.25, -0.2) is 0 Å². The van der Waals surface area contributed by atoms with Crippen molar-refractivity contribution in [3.63, 3.8) is 0 Å². The second-order valence-electron chi connectivity index (χ2n) is 3.61. The van der Waals surface area contributed by atoms with Gasteiger partial charge in [-0.2, -0.15) is 0 Å². The lowest BCUT2D eigenvalue weighted by Gasteiger charge is -2.13. The molecular formula is C11H19N3O. The van der Waals surface area contributed by atoms with Crippen molar-refractivity contribution in [2.45, 2.75) is 13.5 Å². The van der Waals surface area contributed by atoms with Crippen molar-refractivity contribution in [2.24, 2.45) is 0 Å². The third-order valence-corrected chi connectivity index (χ3v) is 2.35. The van der Waals surface area contributed by atoms with Crippen LogP contribution in [0.15, 0.2) is 23.0 Å². The van der Waals surface area contributed by atoms with Crippen LogP contribution in [0.4, 0.5) is 0 Å². The summed E-state index contributed by atoms with van der Waals surface area (Å²) >= 11 is 0. The van der Waals surface area contributed by atoms with Crippen molar-refractivity contribution < 1.29 is 0 Å². The van der Waals surface area contributed by atoms with Gasteiger partial charge in [0.2, 0.25) is 5.56 Å². The predicted octanol–water partition coefficient (Wildman–Crippen LogP) is 0.416. The molecule has 0 fully saturated rings. The van der Waals surface area contributed by atoms with E-state index >= 15 is 0 Å². The van der Waals surface area contributed by atoms with Crippen molar-refractivity contribution in [3.8, 4) is 0 Å². The Morgan fingerprint density at radius 3 is 2.93 bits per heavy atom. The molecule has 0 spiro atoms. The highest BCUT2D eigenvalue weighted by Crippen LogP contribution is 1.88. The molecule has 4 nitrogen and oxygen atoms in total. The van der Waals surface area contributed by atoms with Gasteiger partial charge in [-0.1, -0.05) is 13.0 Å². The number of likely N-dealkylation sites (N-methyl/N-ethyl adjacent to an activating group) is 1. The summed E-state index contributed by atoms with van der Waals surface area (Å²) in [5.41, 5.74) is 0.890. The van der Waals surface area contributed by atoms with E-state index in [0.717, 1.165) is 25.3 Å². The van der Waals surface area contributed by atoms with Crippen molar-refractivity contribution in [1.82, 2.24) is 15.2 Å². The molecule has 1 aromatic heterocycles. The third-order valence-electron chi connectivity index (χ3n) is 2.35. The van der Waals surface area contributed by atoms with Gasteiger partial charge in [0.1, 0.15) is 0 Å². The zero-order valence-corrected chi connectivity index (χ0v) is 9.42. The topological polar surface area (TPSA) is 48.1 Å². The van der Waals surface area contributed by atoms with Gasteiger partial charge < -0.3 is 15.2 Å². The Morgan fingerprint density at radius 2 is 2.27 bits per heavy atom. The fourth-order valence-electron chi connectivity index (χ4n) is 1.25. The summed E-state index contributed by atoms with van der Waals surface area (Å²) in [6.07, 6.45) is 0. The molecule has 0 amide bonds. The van der Waals surface area contributed by atoms with Crippen LogP contribution < -0.4 is 10.9 Å². The van der Waals surface area contributed by atoms with Gasteiger partial charge >= 0.3 is 0 Å². The fourth-order valence-corrected chi connectivity index (χ4v) is 1.25. The van der Waals surface area contributed by atoms with E-state index < -0.39 is 0 Å². The Hall–Kier alpha value is -1.13. The molecule has 1 rings (SSSR count). The fraction of sp³-hybridized carbons (Fsp3) is 0.545. The molecule has 0 aliphatic rings. The predicted molar refractivity (Wildman–Crippen MR) is 61.9 cm³/mol. The number of aromatic nitrogens is 1. The standard InChI is InChI=1S/C11H19N3O/c1-3-14(2)8-7-12-9-10-5-4-6-11(15)13-10/h4-6,12H,3,7-9H2,1-2H3,(H,13,15). The SMILES string of the molecule is CCN(C)CCNCc1cccc(=O)[nH]1. The maximum atomic E-state index is 11.0. The molecular weight excluding hydrogens is 190 g/mol. The van der Waals surface area contributed by atoms with Crippen LogP contribution in [-0.4, -0.2) is 36.6 Å². The van der Waals surface area contributed by atoms with Crippen LogP contribution in [0.5, 0.6) is 0 Å². The van der Waals surface area contributed by atoms with Crippen LogP contribution in [0.2, 0.25) is 0 Å². The van der Waals surface area contributed by atoms with Crippen molar-refractivity contribution in [1.29, 1.82) is 0 Å². The van der Waals surface area contributed by atoms with E-state index in [-0.39, 0.29) is 5.56 Å². The van der Waals surface area contributed by atoms with Crippen LogP contribution in [0.3, 0.4) is 0 Å². The minimum atomic E-state index is -0.0417. The first-order chi connectivity index (χ1) is 7.22. The molecule has 1 heterocycles. The number of aromatic amines is 1. The number of rotatable bonds is 6. The summed E-state index contributed by atoms with van der Waals surface area (Å²) in [4.78, 5) is 16.0. The number of nitrogens with zero attached hydrogens (tertiary/aromatic N) is 1. The maximum absolute atomic E-state index is 11.0. The van der Waals surface area contributed by atoms with Gasteiger partial charge in [0, 0.05) is 31.4 Å². The summed E-state index contributed by atoms with van der Waals surface area (Å²) < 4.78 is 0. The molecule has 84 valence electrons. The highest BCUT2D eigenvalue weighted by Gasteiger charge is 1.95. The zero-order valence-electron chi connectivity index (χ0n) is 9.42. The maximum Gasteiger partial charge on any atom is 0.248 e. The number of hydrogen-bond acceptors (Lipinski definition) is 3. The smallest absolute Gasteiger partial charge is 0.248 e. The van der Waals surface area contributed by atoms with Gasteiger partial charge in [-0.05, 0) is 19.7 Å². The van der Waals surface area contributed by atoms with E-state index in [1.54, 1.807) is 6.07 Å². The van der Waals surface area contributed by atoms with Gasteiger partial charge in [0.05, 0.1) is 0 Å². The Balaban J connectivity index is 2.23. The van der Waals surface area contributed by atoms with E-state index in [2.05, 4.69) is 29.2 Å². The van der Waals surface area contributed by atoms with Gasteiger partial charge in [-0.3, -0.25) is 4.79 Å². The molecule has 0 aliphatic carbocycles. The lowest BCUT2D eigenvalue weighted by molar-refractivity contribution is 0.348. The average Bonchev–Trinajstić information content (AvgIpc) is 2.24. The lowest BCUT2D eigenvalue weighted by atomic mass is 10.3. The summed E-state index contributed by atoms with van der Waals surface area (Å²) in [5, 5.41) is 3.28. The van der Waals surface area contributed by atoms with Crippen LogP contribution in [0.25, 0.3) is 0 Å². The van der Waals surface area contributed by atoms with Crippen LogP contribution in [0, 0.1) is 0 Å². The van der Waals surface area contributed by atoms with Crippen LogP contribution in [0.1, 0.15) is 12.6 Å². The molecule has 0 aliphatic heterocycles. The molecule has 0 saturated carbocycles. The average molecular weight is 209 g/mol. The first-order valence-corrected chi connectivity index (χ1v) is 5.30. The molecule has 2 N–H and O–H groups in total. The largest absolute Gasteiger partial charge is 0.325 e. The summed E-state index contributed by atoms with van der Waals surface area (Å²) in [5.74, 6) is 0. The zero-order chi connectivity index (χ0) is 11.1. The van der Waals surface area contributed by atoms with E-state index in [1.807, 2.05) is 6.07 Å². The van der Waals surface area contributed by atoms with E-state index in [9.17, 15) is 4.79 Å². The lowest BCUT2D eigenvalue weighted by Crippen LogP contribution is -2.29. The number of nitrogens with one attached hydrogen (secondary N) is 2. The molecule has 0 unspecified atom stereocenters. The van der Waals surface area contributed by atoms with E-state index in [4.69, 9.17) is 0 Å². The van der Waals surface area contributed by atoms with E-state index in [1.165, 1.54) is 6.07 Å². The minimum absolute atomic E-state index is 0.0417. The quantitative estimate of drug-likeness (QED) is 0.667. The molecule has 4 heteroatoms. The Kier molecular flexibility index (Phi) is 5.07. The van der Waals surface area contributed by atoms with Crippen LogP contribution >= 0.6 is 0 Å². The molecule has 1 aromatic rings. The Bertz CT molecular complexity index is 335. The number of H-pyrrole nitrogens is 1. The third kappa shape index (κ3) is 4.76. The van der Waals surface area contributed by atoms with Gasteiger partial charge in [0.15, 0.2) is 0 Å². The van der Waals surface area contributed by atoms with Crippen molar-refractivity contribution in [3.05, 3.63) is 34.2 Å². The highest BCUT2D eigenvalue weighted by atomic mass is 16.1. The Morgan fingerprint density at radius 1 is 1.47 bits per heavy atom. The normalized spacial score (nSPS) is 10.9. The molecule has 0 saturated heterocycles. The molecule has 0 radical (unpaired) electrons. The summed E-state index contributed by atoms with van der Waals surface area (Å²) in [6.45, 7) is 5.86. The first kappa shape index (κ1) is 11.9. The molecule has 0 aromatic carbocycles. The molecule has 0 bridgehead atoms. The first-order valence-electron chi connectivity index (χ1n) is 5.30. The monoisotopic (exact) mass is 209 g/mol. The molecule has 15 heavy (non-hydrogen) atoms. The van der Waals surface area contributed by atoms with Crippen molar-refractivity contribution >= 4 is 0 Å².